The molecule has 0 unspecified atom stereocenters. The number of benzene rings is 5. The molecular formula is C51H64N2O5Si. The number of carbonyl (C=O) groups is 2. The SMILES string of the molecule is C[C@@H]1CCC(=O)N[C@H]1CO[Si](c1ccccc1)(c1ccccc1)C(C)(C)C.C[C@H](CCCO)[C@@H](C(=O)OCc1ccccc1)N(Cc1ccccc1)Cc1ccccc1. The van der Waals surface area contributed by atoms with Gasteiger partial charge in [-0.2, -0.15) is 0 Å². The van der Waals surface area contributed by atoms with E-state index in [-0.39, 0.29) is 42.1 Å². The van der Waals surface area contributed by atoms with Crippen LogP contribution in [0.4, 0.5) is 0 Å². The second-order valence-electron chi connectivity index (χ2n) is 16.9. The highest BCUT2D eigenvalue weighted by Gasteiger charge is 2.50. The zero-order valence-electron chi connectivity index (χ0n) is 35.6. The van der Waals surface area contributed by atoms with Crippen molar-refractivity contribution < 1.29 is 23.9 Å². The molecule has 1 aliphatic rings. The van der Waals surface area contributed by atoms with Gasteiger partial charge in [-0.3, -0.25) is 14.5 Å². The van der Waals surface area contributed by atoms with Crippen LogP contribution >= 0.6 is 0 Å². The lowest BCUT2D eigenvalue weighted by atomic mass is 9.93. The molecule has 59 heavy (non-hydrogen) atoms. The number of piperidine rings is 1. The molecule has 1 aliphatic heterocycles. The summed E-state index contributed by atoms with van der Waals surface area (Å²) < 4.78 is 12.8. The summed E-state index contributed by atoms with van der Waals surface area (Å²) in [5, 5.41) is 15.0. The van der Waals surface area contributed by atoms with Gasteiger partial charge in [0.05, 0.1) is 12.6 Å². The van der Waals surface area contributed by atoms with Crippen LogP contribution in [0.25, 0.3) is 0 Å². The van der Waals surface area contributed by atoms with Crippen LogP contribution in [0.2, 0.25) is 5.04 Å². The van der Waals surface area contributed by atoms with Gasteiger partial charge >= 0.3 is 5.97 Å². The predicted octanol–water partition coefficient (Wildman–Crippen LogP) is 8.69. The lowest BCUT2D eigenvalue weighted by molar-refractivity contribution is -0.154. The number of nitrogens with one attached hydrogen (secondary N) is 1. The average Bonchev–Trinajstić information content (AvgIpc) is 3.25. The number of esters is 1. The van der Waals surface area contributed by atoms with Gasteiger partial charge < -0.3 is 19.6 Å². The molecule has 6 rings (SSSR count). The molecule has 0 aromatic heterocycles. The van der Waals surface area contributed by atoms with Crippen LogP contribution in [0.15, 0.2) is 152 Å². The van der Waals surface area contributed by atoms with Crippen molar-refractivity contribution in [3.8, 4) is 0 Å². The number of carbonyl (C=O) groups excluding carboxylic acids is 2. The summed E-state index contributed by atoms with van der Waals surface area (Å²) in [6.45, 7) is 13.3. The highest BCUT2D eigenvalue weighted by Crippen LogP contribution is 2.37. The van der Waals surface area contributed by atoms with Crippen LogP contribution in [0.5, 0.6) is 0 Å². The average molecular weight is 813 g/mol. The van der Waals surface area contributed by atoms with Crippen LogP contribution in [0.3, 0.4) is 0 Å². The van der Waals surface area contributed by atoms with Crippen molar-refractivity contribution in [2.24, 2.45) is 11.8 Å². The lowest BCUT2D eigenvalue weighted by Gasteiger charge is -2.44. The van der Waals surface area contributed by atoms with E-state index in [2.05, 4.69) is 130 Å². The van der Waals surface area contributed by atoms with Gasteiger partial charge in [0.15, 0.2) is 0 Å². The highest BCUT2D eigenvalue weighted by molar-refractivity contribution is 6.99. The van der Waals surface area contributed by atoms with Crippen LogP contribution in [0.1, 0.15) is 77.0 Å². The molecule has 0 aliphatic carbocycles. The maximum atomic E-state index is 13.4. The van der Waals surface area contributed by atoms with Gasteiger partial charge in [-0.05, 0) is 63.2 Å². The molecule has 0 spiro atoms. The van der Waals surface area contributed by atoms with E-state index in [0.29, 0.717) is 38.5 Å². The van der Waals surface area contributed by atoms with E-state index in [1.807, 2.05) is 66.7 Å². The predicted molar refractivity (Wildman–Crippen MR) is 242 cm³/mol. The van der Waals surface area contributed by atoms with Crippen LogP contribution in [-0.4, -0.2) is 55.5 Å². The van der Waals surface area contributed by atoms with E-state index >= 15 is 0 Å². The summed E-state index contributed by atoms with van der Waals surface area (Å²) in [6, 6.07) is 51.2. The van der Waals surface area contributed by atoms with Crippen molar-refractivity contribution in [2.75, 3.05) is 13.2 Å². The number of amides is 1. The van der Waals surface area contributed by atoms with Gasteiger partial charge in [0, 0.05) is 26.1 Å². The van der Waals surface area contributed by atoms with Crippen molar-refractivity contribution in [3.63, 3.8) is 0 Å². The summed E-state index contributed by atoms with van der Waals surface area (Å²) in [5.41, 5.74) is 3.28. The van der Waals surface area contributed by atoms with Crippen LogP contribution in [0, 0.1) is 11.8 Å². The largest absolute Gasteiger partial charge is 0.460 e. The number of hydrogen-bond donors (Lipinski definition) is 2. The molecule has 7 nitrogen and oxygen atoms in total. The Kier molecular flexibility index (Phi) is 17.2. The summed E-state index contributed by atoms with van der Waals surface area (Å²) in [7, 11) is -2.54. The fourth-order valence-corrected chi connectivity index (χ4v) is 12.8. The number of ether oxygens (including phenoxy) is 1. The van der Waals surface area contributed by atoms with Gasteiger partial charge in [0.2, 0.25) is 5.91 Å². The molecule has 0 radical (unpaired) electrons. The quantitative estimate of drug-likeness (QED) is 0.0722. The monoisotopic (exact) mass is 812 g/mol. The zero-order valence-corrected chi connectivity index (χ0v) is 36.6. The Bertz CT molecular complexity index is 1880. The maximum Gasteiger partial charge on any atom is 0.323 e. The number of hydrogen-bond acceptors (Lipinski definition) is 6. The van der Waals surface area contributed by atoms with E-state index in [9.17, 15) is 14.7 Å². The van der Waals surface area contributed by atoms with E-state index in [0.717, 1.165) is 29.5 Å². The first-order valence-corrected chi connectivity index (χ1v) is 23.1. The number of aliphatic hydroxyl groups excluding tert-OH is 1. The first kappa shape index (κ1) is 45.2. The molecule has 1 amide bonds. The third kappa shape index (κ3) is 12.8. The van der Waals surface area contributed by atoms with Crippen molar-refractivity contribution in [3.05, 3.63) is 168 Å². The highest BCUT2D eigenvalue weighted by atomic mass is 28.4. The van der Waals surface area contributed by atoms with Gasteiger partial charge in [-0.15, -0.1) is 0 Å². The zero-order chi connectivity index (χ0) is 42.1. The number of nitrogens with zero attached hydrogens (tertiary/aromatic N) is 1. The van der Waals surface area contributed by atoms with Gasteiger partial charge in [-0.1, -0.05) is 186 Å². The van der Waals surface area contributed by atoms with Crippen molar-refractivity contribution >= 4 is 30.6 Å². The summed E-state index contributed by atoms with van der Waals surface area (Å²) in [5.74, 6) is 0.397. The molecule has 2 N–H and O–H groups in total. The Hall–Kier alpha value is -4.86. The topological polar surface area (TPSA) is 88.1 Å². The van der Waals surface area contributed by atoms with E-state index in [4.69, 9.17) is 9.16 Å². The molecule has 0 bridgehead atoms. The minimum Gasteiger partial charge on any atom is -0.460 e. The standard InChI is InChI=1S/C28H33NO3.C23H31NO2Si/c1-23(12-11-19-30)27(28(31)32-22-26-17-9-4-10-18-26)29(20-24-13-5-2-6-14-24)21-25-15-7-3-8-16-25;1-18-15-16-22(25)24-21(18)17-26-27(23(2,3)4,19-11-7-5-8-12-19)20-13-9-6-10-14-20/h2-10,13-18,23,27,30H,11-12,19-22H2,1H3;5-14,18,21H,15-17H2,1-4H3,(H,24,25)/t23-,27+;18-,21+/m11/s1. The van der Waals surface area contributed by atoms with E-state index in [1.54, 1.807) is 0 Å². The Labute approximate surface area is 353 Å². The molecule has 1 heterocycles. The van der Waals surface area contributed by atoms with Gasteiger partial charge in [0.1, 0.15) is 12.6 Å². The van der Waals surface area contributed by atoms with E-state index < -0.39 is 14.4 Å². The molecular weight excluding hydrogens is 749 g/mol. The molecule has 4 atom stereocenters. The lowest BCUT2D eigenvalue weighted by Crippen LogP contribution is -2.67. The Morgan fingerprint density at radius 2 is 1.22 bits per heavy atom. The van der Waals surface area contributed by atoms with Crippen molar-refractivity contribution in [1.29, 1.82) is 0 Å². The molecule has 5 aromatic carbocycles. The van der Waals surface area contributed by atoms with E-state index in [1.165, 1.54) is 10.4 Å². The van der Waals surface area contributed by atoms with Gasteiger partial charge in [0.25, 0.3) is 8.32 Å². The minimum atomic E-state index is -2.54. The summed E-state index contributed by atoms with van der Waals surface area (Å²) >= 11 is 0. The molecule has 312 valence electrons. The Morgan fingerprint density at radius 1 is 0.763 bits per heavy atom. The minimum absolute atomic E-state index is 0.0397. The van der Waals surface area contributed by atoms with Crippen molar-refractivity contribution in [2.45, 2.75) is 97.1 Å². The summed E-state index contributed by atoms with van der Waals surface area (Å²) in [4.78, 5) is 27.6. The van der Waals surface area contributed by atoms with Crippen LogP contribution in [-0.2, 0) is 38.4 Å². The molecule has 0 saturated carbocycles. The smallest absolute Gasteiger partial charge is 0.323 e. The Morgan fingerprint density at radius 3 is 1.68 bits per heavy atom. The fraction of sp³-hybridized carbons (Fsp3) is 0.373. The normalized spacial score (nSPS) is 16.6. The van der Waals surface area contributed by atoms with Crippen LogP contribution < -0.4 is 15.7 Å². The number of aliphatic hydroxyl groups is 1. The summed E-state index contributed by atoms with van der Waals surface area (Å²) in [6.07, 6.45) is 2.97. The molecule has 1 fully saturated rings. The fourth-order valence-electron chi connectivity index (χ4n) is 8.18. The second kappa shape index (κ2) is 22.5. The first-order valence-electron chi connectivity index (χ1n) is 21.2. The Balaban J connectivity index is 0.000000227. The third-order valence-electron chi connectivity index (χ3n) is 11.4. The molecule has 5 aromatic rings. The number of rotatable bonds is 17. The first-order chi connectivity index (χ1) is 28.5. The van der Waals surface area contributed by atoms with Gasteiger partial charge in [-0.25, -0.2) is 0 Å². The van der Waals surface area contributed by atoms with Crippen molar-refractivity contribution in [1.82, 2.24) is 10.2 Å². The molecule has 8 heteroatoms. The third-order valence-corrected chi connectivity index (χ3v) is 16.4. The second-order valence-corrected chi connectivity index (χ2v) is 21.2. The maximum absolute atomic E-state index is 13.4. The molecule has 1 saturated heterocycles.